The molecule has 0 spiro atoms. The lowest BCUT2D eigenvalue weighted by molar-refractivity contribution is -0.157. The van der Waals surface area contributed by atoms with Gasteiger partial charge in [-0.3, -0.25) is 9.59 Å². The van der Waals surface area contributed by atoms with Crippen molar-refractivity contribution in [3.63, 3.8) is 0 Å². The van der Waals surface area contributed by atoms with Crippen LogP contribution in [0.25, 0.3) is 0 Å². The second kappa shape index (κ2) is 6.08. The number of carboxylic acid groups (broad SMARTS) is 2. The molecule has 2 rings (SSSR count). The predicted octanol–water partition coefficient (Wildman–Crippen LogP) is 3.05. The van der Waals surface area contributed by atoms with Crippen molar-refractivity contribution in [3.8, 4) is 0 Å². The number of rotatable bonds is 4. The third kappa shape index (κ3) is 3.12. The fraction of sp³-hybridized carbons (Fsp3) is 0.375. The predicted molar refractivity (Wildman–Crippen MR) is 74.4 cm³/mol. The van der Waals surface area contributed by atoms with E-state index in [-0.39, 0.29) is 11.7 Å². The highest BCUT2D eigenvalue weighted by Gasteiger charge is 2.42. The molecular formula is C16H17FO4. The highest BCUT2D eigenvalue weighted by Crippen LogP contribution is 2.44. The van der Waals surface area contributed by atoms with Gasteiger partial charge in [0.05, 0.1) is 0 Å². The summed E-state index contributed by atoms with van der Waals surface area (Å²) in [6, 6.07) is 5.74. The molecule has 0 radical (unpaired) electrons. The van der Waals surface area contributed by atoms with E-state index in [0.29, 0.717) is 6.42 Å². The molecule has 112 valence electrons. The Morgan fingerprint density at radius 1 is 1.19 bits per heavy atom. The maximum atomic E-state index is 13.1. The second-order valence-corrected chi connectivity index (χ2v) is 5.40. The number of benzene rings is 1. The molecule has 21 heavy (non-hydrogen) atoms. The Balaban J connectivity index is 2.41. The first-order valence-electron chi connectivity index (χ1n) is 6.80. The summed E-state index contributed by atoms with van der Waals surface area (Å²) in [4.78, 5) is 22.6. The van der Waals surface area contributed by atoms with Crippen molar-refractivity contribution >= 4 is 11.9 Å². The van der Waals surface area contributed by atoms with Gasteiger partial charge in [0.1, 0.15) is 5.82 Å². The van der Waals surface area contributed by atoms with E-state index in [9.17, 15) is 24.2 Å². The van der Waals surface area contributed by atoms with Crippen molar-refractivity contribution in [2.75, 3.05) is 0 Å². The van der Waals surface area contributed by atoms with E-state index in [1.54, 1.807) is 12.1 Å². The summed E-state index contributed by atoms with van der Waals surface area (Å²) in [6.45, 7) is 3.97. The van der Waals surface area contributed by atoms with Gasteiger partial charge in [0.25, 0.3) is 0 Å². The van der Waals surface area contributed by atoms with Gasteiger partial charge in [-0.2, -0.15) is 0 Å². The summed E-state index contributed by atoms with van der Waals surface area (Å²) in [5, 5.41) is 18.4. The molecule has 0 bridgehead atoms. The maximum absolute atomic E-state index is 13.1. The minimum Gasteiger partial charge on any atom is -0.481 e. The monoisotopic (exact) mass is 292 g/mol. The largest absolute Gasteiger partial charge is 0.481 e. The van der Waals surface area contributed by atoms with Gasteiger partial charge in [0.15, 0.2) is 5.92 Å². The van der Waals surface area contributed by atoms with E-state index in [1.807, 2.05) is 0 Å². The van der Waals surface area contributed by atoms with Crippen LogP contribution in [0.2, 0.25) is 0 Å². The normalized spacial score (nSPS) is 22.3. The van der Waals surface area contributed by atoms with Crippen LogP contribution >= 0.6 is 0 Å². The van der Waals surface area contributed by atoms with Gasteiger partial charge in [0.2, 0.25) is 0 Å². The lowest BCUT2D eigenvalue weighted by atomic mass is 9.67. The number of hydrogen-bond acceptors (Lipinski definition) is 2. The van der Waals surface area contributed by atoms with E-state index >= 15 is 0 Å². The molecule has 0 aliphatic heterocycles. The minimum atomic E-state index is -1.47. The van der Waals surface area contributed by atoms with Crippen molar-refractivity contribution in [2.24, 2.45) is 11.8 Å². The summed E-state index contributed by atoms with van der Waals surface area (Å²) >= 11 is 0. The zero-order valence-corrected chi connectivity index (χ0v) is 11.5. The summed E-state index contributed by atoms with van der Waals surface area (Å²) in [6.07, 6.45) is 1.95. The van der Waals surface area contributed by atoms with Crippen molar-refractivity contribution in [3.05, 3.63) is 47.8 Å². The number of halogens is 1. The zero-order chi connectivity index (χ0) is 15.6. The number of carbonyl (C=O) groups is 2. The summed E-state index contributed by atoms with van der Waals surface area (Å²) < 4.78 is 13.1. The molecule has 5 heteroatoms. The fourth-order valence-electron chi connectivity index (χ4n) is 3.17. The summed E-state index contributed by atoms with van der Waals surface area (Å²) in [5.41, 5.74) is 1.53. The van der Waals surface area contributed by atoms with E-state index in [4.69, 9.17) is 0 Å². The lowest BCUT2D eigenvalue weighted by Gasteiger charge is -2.35. The van der Waals surface area contributed by atoms with Crippen molar-refractivity contribution < 1.29 is 24.2 Å². The molecule has 4 nitrogen and oxygen atoms in total. The molecule has 0 saturated heterocycles. The van der Waals surface area contributed by atoms with E-state index < -0.39 is 23.8 Å². The molecule has 0 amide bonds. The summed E-state index contributed by atoms with van der Waals surface area (Å²) in [7, 11) is 0. The number of hydrogen-bond donors (Lipinski definition) is 2. The van der Waals surface area contributed by atoms with E-state index in [2.05, 4.69) is 6.58 Å². The molecule has 1 fully saturated rings. The molecule has 1 aliphatic carbocycles. The second-order valence-electron chi connectivity index (χ2n) is 5.40. The smallest absolute Gasteiger partial charge is 0.318 e. The molecule has 0 unspecified atom stereocenters. The first-order valence-corrected chi connectivity index (χ1v) is 6.80. The Labute approximate surface area is 121 Å². The molecule has 2 atom stereocenters. The first kappa shape index (κ1) is 15.2. The van der Waals surface area contributed by atoms with Crippen LogP contribution in [0.15, 0.2) is 36.4 Å². The van der Waals surface area contributed by atoms with Crippen LogP contribution in [0.1, 0.15) is 30.7 Å². The minimum absolute atomic E-state index is 0.364. The highest BCUT2D eigenvalue weighted by atomic mass is 19.1. The van der Waals surface area contributed by atoms with Crippen molar-refractivity contribution in [1.29, 1.82) is 0 Å². The lowest BCUT2D eigenvalue weighted by Crippen LogP contribution is -2.37. The average Bonchev–Trinajstić information content (AvgIpc) is 2.40. The van der Waals surface area contributed by atoms with Gasteiger partial charge in [-0.25, -0.2) is 4.39 Å². The first-order chi connectivity index (χ1) is 9.91. The molecule has 1 aromatic rings. The van der Waals surface area contributed by atoms with Crippen molar-refractivity contribution in [1.82, 2.24) is 0 Å². The van der Waals surface area contributed by atoms with Crippen LogP contribution < -0.4 is 0 Å². The van der Waals surface area contributed by atoms with Gasteiger partial charge in [-0.1, -0.05) is 24.3 Å². The number of aliphatic carboxylic acids is 2. The van der Waals surface area contributed by atoms with Crippen LogP contribution in [0.4, 0.5) is 4.39 Å². The van der Waals surface area contributed by atoms with Gasteiger partial charge < -0.3 is 10.2 Å². The number of allylic oxidation sites excluding steroid dienone is 1. The molecule has 0 aromatic heterocycles. The molecule has 2 N–H and O–H groups in total. The fourth-order valence-corrected chi connectivity index (χ4v) is 3.17. The third-order valence-corrected chi connectivity index (χ3v) is 4.09. The van der Waals surface area contributed by atoms with Crippen LogP contribution in [0.3, 0.4) is 0 Å². The average molecular weight is 292 g/mol. The van der Waals surface area contributed by atoms with Crippen molar-refractivity contribution in [2.45, 2.75) is 25.2 Å². The highest BCUT2D eigenvalue weighted by molar-refractivity contribution is 5.93. The SMILES string of the molecule is C=C1CCC[C@@H](C(C(=O)O)C(=O)O)[C@@H]1c1ccc(F)cc1. The third-order valence-electron chi connectivity index (χ3n) is 4.09. The Kier molecular flexibility index (Phi) is 4.40. The topological polar surface area (TPSA) is 74.6 Å². The van der Waals surface area contributed by atoms with Crippen LogP contribution in [0, 0.1) is 17.7 Å². The van der Waals surface area contributed by atoms with Crippen LogP contribution in [-0.2, 0) is 9.59 Å². The van der Waals surface area contributed by atoms with Gasteiger partial charge in [0, 0.05) is 5.92 Å². The van der Waals surface area contributed by atoms with Crippen LogP contribution in [0.5, 0.6) is 0 Å². The molecule has 1 saturated carbocycles. The van der Waals surface area contributed by atoms with Crippen LogP contribution in [-0.4, -0.2) is 22.2 Å². The summed E-state index contributed by atoms with van der Waals surface area (Å²) in [5.74, 6) is -5.46. The number of carboxylic acids is 2. The van der Waals surface area contributed by atoms with E-state index in [1.165, 1.54) is 12.1 Å². The van der Waals surface area contributed by atoms with Gasteiger partial charge in [-0.05, 0) is 42.9 Å². The Morgan fingerprint density at radius 2 is 1.76 bits per heavy atom. The maximum Gasteiger partial charge on any atom is 0.318 e. The van der Waals surface area contributed by atoms with E-state index in [0.717, 1.165) is 24.0 Å². The molecular weight excluding hydrogens is 275 g/mol. The Bertz CT molecular complexity index is 550. The quantitative estimate of drug-likeness (QED) is 0.660. The van der Waals surface area contributed by atoms with Gasteiger partial charge >= 0.3 is 11.9 Å². The molecule has 0 heterocycles. The standard InChI is InChI=1S/C16H17FO4/c1-9-3-2-4-12(14(15(18)19)16(20)21)13(9)10-5-7-11(17)8-6-10/h5-8,12-14H,1-4H2,(H,18,19)(H,20,21)/t12-,13+/m1/s1. The Hall–Kier alpha value is -2.17. The molecule has 1 aliphatic rings. The Morgan fingerprint density at radius 3 is 2.29 bits per heavy atom. The van der Waals surface area contributed by atoms with Gasteiger partial charge in [-0.15, -0.1) is 0 Å². The molecule has 1 aromatic carbocycles. The zero-order valence-electron chi connectivity index (χ0n) is 11.5.